The van der Waals surface area contributed by atoms with Crippen molar-refractivity contribution in [3.05, 3.63) is 24.3 Å². The maximum atomic E-state index is 12.3. The summed E-state index contributed by atoms with van der Waals surface area (Å²) < 4.78 is 32.5. The van der Waals surface area contributed by atoms with Gasteiger partial charge in [-0.2, -0.15) is 0 Å². The molecule has 0 saturated carbocycles. The SMILES string of the molecule is CCCNS(=O)(=O)c1ccccc1NC1CCOCC1. The first kappa shape index (κ1) is 15.3. The van der Waals surface area contributed by atoms with Crippen molar-refractivity contribution in [2.75, 3.05) is 25.1 Å². The predicted molar refractivity (Wildman–Crippen MR) is 79.4 cm³/mol. The second kappa shape index (κ2) is 7.06. The third kappa shape index (κ3) is 3.94. The van der Waals surface area contributed by atoms with Gasteiger partial charge in [0.1, 0.15) is 4.90 Å². The number of hydrogen-bond acceptors (Lipinski definition) is 4. The number of ether oxygens (including phenoxy) is 1. The normalized spacial score (nSPS) is 17.1. The smallest absolute Gasteiger partial charge is 0.242 e. The van der Waals surface area contributed by atoms with Crippen molar-refractivity contribution in [3.8, 4) is 0 Å². The van der Waals surface area contributed by atoms with E-state index in [9.17, 15) is 8.42 Å². The van der Waals surface area contributed by atoms with Crippen LogP contribution in [0, 0.1) is 0 Å². The largest absolute Gasteiger partial charge is 0.381 e. The molecule has 0 amide bonds. The lowest BCUT2D eigenvalue weighted by atomic mass is 10.1. The molecule has 0 spiro atoms. The van der Waals surface area contributed by atoms with E-state index in [0.717, 1.165) is 32.5 Å². The van der Waals surface area contributed by atoms with E-state index in [1.54, 1.807) is 12.1 Å². The van der Waals surface area contributed by atoms with Gasteiger partial charge in [0.05, 0.1) is 5.69 Å². The Morgan fingerprint density at radius 3 is 2.65 bits per heavy atom. The van der Waals surface area contributed by atoms with Gasteiger partial charge in [-0.05, 0) is 31.4 Å². The summed E-state index contributed by atoms with van der Waals surface area (Å²) in [5.41, 5.74) is 0.669. The molecule has 0 radical (unpaired) electrons. The number of rotatable bonds is 6. The van der Waals surface area contributed by atoms with Gasteiger partial charge in [0, 0.05) is 25.8 Å². The molecule has 1 aliphatic heterocycles. The third-order valence-electron chi connectivity index (χ3n) is 3.30. The van der Waals surface area contributed by atoms with Crippen LogP contribution in [-0.2, 0) is 14.8 Å². The zero-order valence-electron chi connectivity index (χ0n) is 11.8. The number of nitrogens with one attached hydrogen (secondary N) is 2. The monoisotopic (exact) mass is 298 g/mol. The molecule has 1 aliphatic rings. The first-order valence-corrected chi connectivity index (χ1v) is 8.55. The molecule has 2 rings (SSSR count). The van der Waals surface area contributed by atoms with Crippen LogP contribution in [0.4, 0.5) is 5.69 Å². The average Bonchev–Trinajstić information content (AvgIpc) is 2.47. The minimum Gasteiger partial charge on any atom is -0.381 e. The van der Waals surface area contributed by atoms with Gasteiger partial charge >= 0.3 is 0 Å². The van der Waals surface area contributed by atoms with E-state index in [1.165, 1.54) is 0 Å². The summed E-state index contributed by atoms with van der Waals surface area (Å²) in [4.78, 5) is 0.319. The lowest BCUT2D eigenvalue weighted by Crippen LogP contribution is -2.30. The molecule has 5 nitrogen and oxygen atoms in total. The van der Waals surface area contributed by atoms with Crippen LogP contribution in [0.25, 0.3) is 0 Å². The van der Waals surface area contributed by atoms with E-state index < -0.39 is 10.0 Å². The quantitative estimate of drug-likeness (QED) is 0.842. The number of para-hydroxylation sites is 1. The lowest BCUT2D eigenvalue weighted by molar-refractivity contribution is 0.0904. The average molecular weight is 298 g/mol. The van der Waals surface area contributed by atoms with Crippen LogP contribution in [0.2, 0.25) is 0 Å². The second-order valence-electron chi connectivity index (χ2n) is 4.92. The highest BCUT2D eigenvalue weighted by Gasteiger charge is 2.20. The van der Waals surface area contributed by atoms with E-state index in [2.05, 4.69) is 10.0 Å². The molecule has 112 valence electrons. The molecule has 20 heavy (non-hydrogen) atoms. The number of hydrogen-bond donors (Lipinski definition) is 2. The van der Waals surface area contributed by atoms with Crippen molar-refractivity contribution in [3.63, 3.8) is 0 Å². The van der Waals surface area contributed by atoms with E-state index in [0.29, 0.717) is 17.1 Å². The Morgan fingerprint density at radius 1 is 1.25 bits per heavy atom. The summed E-state index contributed by atoms with van der Waals surface area (Å²) in [6.07, 6.45) is 2.57. The molecular formula is C14H22N2O3S. The van der Waals surface area contributed by atoms with Crippen LogP contribution in [-0.4, -0.2) is 34.2 Å². The van der Waals surface area contributed by atoms with Crippen LogP contribution in [0.5, 0.6) is 0 Å². The van der Waals surface area contributed by atoms with Gasteiger partial charge < -0.3 is 10.1 Å². The van der Waals surface area contributed by atoms with Gasteiger partial charge in [0.2, 0.25) is 10.0 Å². The summed E-state index contributed by atoms with van der Waals surface area (Å²) in [5.74, 6) is 0. The van der Waals surface area contributed by atoms with Crippen LogP contribution in [0.3, 0.4) is 0 Å². The van der Waals surface area contributed by atoms with Crippen LogP contribution in [0.15, 0.2) is 29.2 Å². The third-order valence-corrected chi connectivity index (χ3v) is 4.82. The van der Waals surface area contributed by atoms with Gasteiger partial charge in [-0.25, -0.2) is 13.1 Å². The molecule has 1 aromatic rings. The summed E-state index contributed by atoms with van der Waals surface area (Å²) in [5, 5.41) is 3.33. The zero-order chi connectivity index (χ0) is 14.4. The molecular weight excluding hydrogens is 276 g/mol. The summed E-state index contributed by atoms with van der Waals surface area (Å²) in [6, 6.07) is 7.32. The van der Waals surface area contributed by atoms with E-state index >= 15 is 0 Å². The maximum absolute atomic E-state index is 12.3. The molecule has 1 aromatic carbocycles. The van der Waals surface area contributed by atoms with Crippen molar-refractivity contribution in [1.29, 1.82) is 0 Å². The maximum Gasteiger partial charge on any atom is 0.242 e. The molecule has 1 heterocycles. The topological polar surface area (TPSA) is 67.4 Å². The molecule has 0 aromatic heterocycles. The Labute approximate surface area is 120 Å². The van der Waals surface area contributed by atoms with Gasteiger partial charge in [0.15, 0.2) is 0 Å². The van der Waals surface area contributed by atoms with Crippen molar-refractivity contribution in [2.45, 2.75) is 37.1 Å². The van der Waals surface area contributed by atoms with Crippen LogP contribution < -0.4 is 10.0 Å². The Bertz CT molecular complexity index is 525. The fourth-order valence-electron chi connectivity index (χ4n) is 2.20. The highest BCUT2D eigenvalue weighted by Crippen LogP contribution is 2.23. The lowest BCUT2D eigenvalue weighted by Gasteiger charge is -2.25. The first-order chi connectivity index (χ1) is 9.63. The Kier molecular flexibility index (Phi) is 5.39. The molecule has 6 heteroatoms. The van der Waals surface area contributed by atoms with Crippen LogP contribution >= 0.6 is 0 Å². The number of sulfonamides is 1. The first-order valence-electron chi connectivity index (χ1n) is 7.06. The van der Waals surface area contributed by atoms with E-state index in [-0.39, 0.29) is 6.04 Å². The van der Waals surface area contributed by atoms with Gasteiger partial charge in [-0.1, -0.05) is 19.1 Å². The van der Waals surface area contributed by atoms with Crippen molar-refractivity contribution in [2.24, 2.45) is 0 Å². The number of benzene rings is 1. The summed E-state index contributed by atoms with van der Waals surface area (Å²) >= 11 is 0. The summed E-state index contributed by atoms with van der Waals surface area (Å²) in [6.45, 7) is 3.84. The van der Waals surface area contributed by atoms with Crippen molar-refractivity contribution in [1.82, 2.24) is 4.72 Å². The van der Waals surface area contributed by atoms with Gasteiger partial charge in [0.25, 0.3) is 0 Å². The molecule has 0 unspecified atom stereocenters. The molecule has 1 saturated heterocycles. The van der Waals surface area contributed by atoms with E-state index in [4.69, 9.17) is 4.74 Å². The summed E-state index contributed by atoms with van der Waals surface area (Å²) in [7, 11) is -3.45. The highest BCUT2D eigenvalue weighted by molar-refractivity contribution is 7.89. The van der Waals surface area contributed by atoms with Crippen molar-refractivity contribution < 1.29 is 13.2 Å². The minimum atomic E-state index is -3.45. The van der Waals surface area contributed by atoms with Crippen molar-refractivity contribution >= 4 is 15.7 Å². The molecule has 1 fully saturated rings. The predicted octanol–water partition coefficient (Wildman–Crippen LogP) is 1.97. The Balaban J connectivity index is 2.17. The minimum absolute atomic E-state index is 0.270. The highest BCUT2D eigenvalue weighted by atomic mass is 32.2. The standard InChI is InChI=1S/C14H22N2O3S/c1-2-9-15-20(17,18)14-6-4-3-5-13(14)16-12-7-10-19-11-8-12/h3-6,12,15-16H,2,7-11H2,1H3. The number of anilines is 1. The Hall–Kier alpha value is -1.11. The fourth-order valence-corrected chi connectivity index (χ4v) is 3.50. The second-order valence-corrected chi connectivity index (χ2v) is 6.66. The molecule has 0 aliphatic carbocycles. The van der Waals surface area contributed by atoms with Crippen LogP contribution in [0.1, 0.15) is 26.2 Å². The molecule has 2 N–H and O–H groups in total. The Morgan fingerprint density at radius 2 is 1.95 bits per heavy atom. The zero-order valence-corrected chi connectivity index (χ0v) is 12.6. The molecule has 0 atom stereocenters. The van der Waals surface area contributed by atoms with Gasteiger partial charge in [-0.15, -0.1) is 0 Å². The van der Waals surface area contributed by atoms with Gasteiger partial charge in [-0.3, -0.25) is 0 Å². The van der Waals surface area contributed by atoms with E-state index in [1.807, 2.05) is 19.1 Å². The molecule has 0 bridgehead atoms. The fraction of sp³-hybridized carbons (Fsp3) is 0.571.